The van der Waals surface area contributed by atoms with E-state index in [0.29, 0.717) is 5.56 Å². The van der Waals surface area contributed by atoms with Crippen molar-refractivity contribution in [1.82, 2.24) is 24.9 Å². The first-order valence-electron chi connectivity index (χ1n) is 10.6. The zero-order chi connectivity index (χ0) is 24.2. The van der Waals surface area contributed by atoms with Crippen molar-refractivity contribution in [2.24, 2.45) is 14.1 Å². The molecule has 0 aliphatic heterocycles. The first-order chi connectivity index (χ1) is 16.3. The van der Waals surface area contributed by atoms with Crippen LogP contribution in [0.3, 0.4) is 0 Å². The van der Waals surface area contributed by atoms with Gasteiger partial charge in [-0.2, -0.15) is 10.2 Å². The van der Waals surface area contributed by atoms with Gasteiger partial charge in [-0.05, 0) is 13.0 Å². The van der Waals surface area contributed by atoms with Gasteiger partial charge < -0.3 is 10.6 Å². The van der Waals surface area contributed by atoms with Crippen LogP contribution in [0.1, 0.15) is 47.9 Å². The minimum Gasteiger partial charge on any atom is -0.346 e. The summed E-state index contributed by atoms with van der Waals surface area (Å²) in [5.41, 5.74) is 3.28. The summed E-state index contributed by atoms with van der Waals surface area (Å²) in [5.74, 6) is -1.17. The molecular weight excluding hydrogens is 432 g/mol. The number of amides is 2. The van der Waals surface area contributed by atoms with Crippen LogP contribution in [0.25, 0.3) is 0 Å². The topological polar surface area (TPSA) is 111 Å². The van der Waals surface area contributed by atoms with Crippen LogP contribution in [0.2, 0.25) is 0 Å². The highest BCUT2D eigenvalue weighted by Gasteiger charge is 2.22. The molecule has 2 aromatic carbocycles. The molecule has 0 fully saturated rings. The summed E-state index contributed by atoms with van der Waals surface area (Å²) in [6.45, 7) is 2.22. The van der Waals surface area contributed by atoms with E-state index in [-0.39, 0.29) is 34.8 Å². The second kappa shape index (κ2) is 9.53. The van der Waals surface area contributed by atoms with Crippen molar-refractivity contribution in [2.75, 3.05) is 5.32 Å². The maximum Gasteiger partial charge on any atom is 0.271 e. The van der Waals surface area contributed by atoms with E-state index < -0.39 is 11.8 Å². The number of hydrogen-bond donors (Lipinski definition) is 2. The average molecular weight is 457 g/mol. The van der Waals surface area contributed by atoms with Crippen LogP contribution in [0.5, 0.6) is 0 Å². The summed E-state index contributed by atoms with van der Waals surface area (Å²) < 4.78 is 3.03. The first-order valence-corrected chi connectivity index (χ1v) is 10.6. The smallest absolute Gasteiger partial charge is 0.271 e. The van der Waals surface area contributed by atoms with Crippen molar-refractivity contribution >= 4 is 23.3 Å². The lowest BCUT2D eigenvalue weighted by molar-refractivity contribution is 0.0941. The molecule has 0 spiro atoms. The Hall–Kier alpha value is -4.53. The third-order valence-electron chi connectivity index (χ3n) is 5.34. The summed E-state index contributed by atoms with van der Waals surface area (Å²) in [6.07, 6.45) is 4.86. The highest BCUT2D eigenvalue weighted by atomic mass is 16.2. The van der Waals surface area contributed by atoms with Gasteiger partial charge in [0.15, 0.2) is 5.78 Å². The summed E-state index contributed by atoms with van der Waals surface area (Å²) in [6, 6.07) is 13.8. The van der Waals surface area contributed by atoms with Crippen molar-refractivity contribution < 1.29 is 14.4 Å². The van der Waals surface area contributed by atoms with E-state index in [2.05, 4.69) is 20.8 Å². The van der Waals surface area contributed by atoms with Crippen molar-refractivity contribution in [3.8, 4) is 0 Å². The fourth-order valence-corrected chi connectivity index (χ4v) is 3.56. The third kappa shape index (κ3) is 4.78. The molecule has 0 aliphatic carbocycles. The molecule has 0 aliphatic rings. The molecule has 0 atom stereocenters. The number of anilines is 1. The largest absolute Gasteiger partial charge is 0.346 e. The Labute approximate surface area is 196 Å². The lowest BCUT2D eigenvalue weighted by Crippen LogP contribution is -2.27. The van der Waals surface area contributed by atoms with E-state index in [9.17, 15) is 14.4 Å². The zero-order valence-corrected chi connectivity index (χ0v) is 19.1. The lowest BCUT2D eigenvalue weighted by Gasteiger charge is -2.11. The summed E-state index contributed by atoms with van der Waals surface area (Å²) in [5, 5.41) is 13.7. The summed E-state index contributed by atoms with van der Waals surface area (Å²) in [7, 11) is 3.41. The third-order valence-corrected chi connectivity index (χ3v) is 5.34. The Morgan fingerprint density at radius 3 is 2.26 bits per heavy atom. The lowest BCUT2D eigenvalue weighted by atomic mass is 9.97. The zero-order valence-electron chi connectivity index (χ0n) is 19.1. The first kappa shape index (κ1) is 22.7. The maximum atomic E-state index is 13.1. The number of nitrogens with one attached hydrogen (secondary N) is 2. The maximum absolute atomic E-state index is 13.1. The predicted octanol–water partition coefficient (Wildman–Crippen LogP) is 2.88. The van der Waals surface area contributed by atoms with Crippen LogP contribution in [0, 0.1) is 6.92 Å². The van der Waals surface area contributed by atoms with Crippen LogP contribution in [0.4, 0.5) is 5.69 Å². The molecule has 0 bridgehead atoms. The fourth-order valence-electron chi connectivity index (χ4n) is 3.56. The summed E-state index contributed by atoms with van der Waals surface area (Å²) in [4.78, 5) is 39.0. The quantitative estimate of drug-likeness (QED) is 0.416. The van der Waals surface area contributed by atoms with E-state index in [4.69, 9.17) is 0 Å². The van der Waals surface area contributed by atoms with E-state index in [1.165, 1.54) is 10.9 Å². The van der Waals surface area contributed by atoms with Gasteiger partial charge in [0, 0.05) is 43.5 Å². The Morgan fingerprint density at radius 2 is 1.59 bits per heavy atom. The fraction of sp³-hybridized carbons (Fsp3) is 0.160. The van der Waals surface area contributed by atoms with Gasteiger partial charge in [0.25, 0.3) is 11.8 Å². The minimum absolute atomic E-state index is 0.194. The van der Waals surface area contributed by atoms with Gasteiger partial charge in [-0.1, -0.05) is 48.0 Å². The van der Waals surface area contributed by atoms with Crippen molar-refractivity contribution in [3.63, 3.8) is 0 Å². The normalized spacial score (nSPS) is 10.7. The highest BCUT2D eigenvalue weighted by molar-refractivity contribution is 6.18. The van der Waals surface area contributed by atoms with E-state index in [0.717, 1.165) is 11.1 Å². The molecule has 0 saturated carbocycles. The molecule has 0 unspecified atom stereocenters. The van der Waals surface area contributed by atoms with Gasteiger partial charge in [-0.25, -0.2) is 0 Å². The van der Waals surface area contributed by atoms with Gasteiger partial charge in [0.05, 0.1) is 23.6 Å². The molecule has 2 aromatic heterocycles. The minimum atomic E-state index is -0.509. The molecule has 2 N–H and O–H groups in total. The number of benzene rings is 2. The van der Waals surface area contributed by atoms with Crippen molar-refractivity contribution in [3.05, 3.63) is 101 Å². The standard InChI is InChI=1S/C25H24N6O3/c1-16-8-10-18(11-9-16)23(32)19-6-4-5-7-20(19)24(33)29-21-14-28-31(3)22(21)25(34)26-12-17-13-27-30(2)15-17/h4-11,13-15H,12H2,1-3H3,(H,26,34)(H,29,33). The monoisotopic (exact) mass is 456 g/mol. The van der Waals surface area contributed by atoms with Crippen molar-refractivity contribution in [1.29, 1.82) is 0 Å². The molecule has 4 aromatic rings. The summed E-state index contributed by atoms with van der Waals surface area (Å²) >= 11 is 0. The van der Waals surface area contributed by atoms with E-state index >= 15 is 0 Å². The highest BCUT2D eigenvalue weighted by Crippen LogP contribution is 2.20. The van der Waals surface area contributed by atoms with Crippen molar-refractivity contribution in [2.45, 2.75) is 13.5 Å². The molecule has 4 rings (SSSR count). The van der Waals surface area contributed by atoms with Crippen LogP contribution in [-0.2, 0) is 20.6 Å². The number of aryl methyl sites for hydroxylation is 3. The van der Waals surface area contributed by atoms with Gasteiger partial charge in [0.1, 0.15) is 5.69 Å². The molecule has 34 heavy (non-hydrogen) atoms. The Morgan fingerprint density at radius 1 is 0.882 bits per heavy atom. The number of hydrogen-bond acceptors (Lipinski definition) is 5. The SMILES string of the molecule is Cc1ccc(C(=O)c2ccccc2C(=O)Nc2cnn(C)c2C(=O)NCc2cnn(C)c2)cc1. The average Bonchev–Trinajstić information content (AvgIpc) is 3.42. The Balaban J connectivity index is 1.54. The number of rotatable bonds is 7. The molecule has 9 heteroatoms. The van der Waals surface area contributed by atoms with Gasteiger partial charge in [-0.15, -0.1) is 0 Å². The van der Waals surface area contributed by atoms with Crippen LogP contribution in [-0.4, -0.2) is 37.2 Å². The molecule has 0 saturated heterocycles. The molecular formula is C25H24N6O3. The number of nitrogens with zero attached hydrogens (tertiary/aromatic N) is 4. The second-order valence-electron chi connectivity index (χ2n) is 7.93. The number of aromatic nitrogens is 4. The second-order valence-corrected chi connectivity index (χ2v) is 7.93. The molecule has 0 radical (unpaired) electrons. The van der Waals surface area contributed by atoms with Gasteiger partial charge in [0.2, 0.25) is 0 Å². The Kier molecular flexibility index (Phi) is 6.35. The van der Waals surface area contributed by atoms with Gasteiger partial charge >= 0.3 is 0 Å². The molecule has 172 valence electrons. The molecule has 2 heterocycles. The number of ketones is 1. The van der Waals surface area contributed by atoms with E-state index in [1.807, 2.05) is 19.1 Å². The van der Waals surface area contributed by atoms with E-state index in [1.54, 1.807) is 67.6 Å². The van der Waals surface area contributed by atoms with Crippen LogP contribution >= 0.6 is 0 Å². The Bertz CT molecular complexity index is 1370. The molecule has 2 amide bonds. The van der Waals surface area contributed by atoms with Crippen LogP contribution in [0.15, 0.2) is 67.1 Å². The molecule has 9 nitrogen and oxygen atoms in total. The van der Waals surface area contributed by atoms with Gasteiger partial charge in [-0.3, -0.25) is 23.7 Å². The number of carbonyl (C=O) groups is 3. The number of carbonyl (C=O) groups excluding carboxylic acids is 3. The van der Waals surface area contributed by atoms with Crippen LogP contribution < -0.4 is 10.6 Å². The predicted molar refractivity (Wildman–Crippen MR) is 127 cm³/mol.